The summed E-state index contributed by atoms with van der Waals surface area (Å²) < 4.78 is 0. The first-order valence-electron chi connectivity index (χ1n) is 4.67. The first-order valence-corrected chi connectivity index (χ1v) is 4.67. The lowest BCUT2D eigenvalue weighted by Gasteiger charge is -2.14. The lowest BCUT2D eigenvalue weighted by Crippen LogP contribution is -2.07. The van der Waals surface area contributed by atoms with Gasteiger partial charge in [-0.25, -0.2) is 0 Å². The Morgan fingerprint density at radius 2 is 2.00 bits per heavy atom. The lowest BCUT2D eigenvalue weighted by molar-refractivity contribution is 0.458. The molecule has 69 valence electrons. The molecule has 1 heteroatoms. The van der Waals surface area contributed by atoms with Crippen molar-refractivity contribution >= 4 is 0 Å². The predicted octanol–water partition coefficient (Wildman–Crippen LogP) is 2.84. The molecule has 13 heavy (non-hydrogen) atoms. The van der Waals surface area contributed by atoms with Crippen LogP contribution in [0.4, 0.5) is 0 Å². The Morgan fingerprint density at radius 1 is 1.31 bits per heavy atom. The Balaban J connectivity index is 2.56. The Labute approximate surface area is 79.4 Å². The molecular formula is C12H15O. The predicted molar refractivity (Wildman–Crippen MR) is 53.7 cm³/mol. The molecule has 1 N–H and O–H groups in total. The maximum atomic E-state index is 9.66. The van der Waals surface area contributed by atoms with E-state index in [4.69, 9.17) is 0 Å². The van der Waals surface area contributed by atoms with Gasteiger partial charge in [0.25, 0.3) is 0 Å². The zero-order chi connectivity index (χ0) is 9.64. The Kier molecular flexibility index (Phi) is 1.66. The van der Waals surface area contributed by atoms with Crippen molar-refractivity contribution in [3.63, 3.8) is 0 Å². The average molecular weight is 175 g/mol. The van der Waals surface area contributed by atoms with E-state index >= 15 is 0 Å². The van der Waals surface area contributed by atoms with Crippen molar-refractivity contribution < 1.29 is 5.11 Å². The molecular weight excluding hydrogens is 160 g/mol. The van der Waals surface area contributed by atoms with Crippen molar-refractivity contribution in [1.82, 2.24) is 0 Å². The summed E-state index contributed by atoms with van der Waals surface area (Å²) in [4.78, 5) is 0. The van der Waals surface area contributed by atoms with E-state index in [1.165, 1.54) is 11.1 Å². The monoisotopic (exact) mass is 175 g/mol. The van der Waals surface area contributed by atoms with Gasteiger partial charge in [-0.2, -0.15) is 0 Å². The molecule has 0 saturated carbocycles. The maximum absolute atomic E-state index is 9.66. The van der Waals surface area contributed by atoms with Crippen LogP contribution >= 0.6 is 0 Å². The van der Waals surface area contributed by atoms with Crippen molar-refractivity contribution in [3.8, 4) is 5.75 Å². The highest BCUT2D eigenvalue weighted by Crippen LogP contribution is 2.43. The number of hydrogen-bond donors (Lipinski definition) is 1. The number of fused-ring (bicyclic) bond motifs is 1. The zero-order valence-corrected chi connectivity index (χ0v) is 8.39. The number of rotatable bonds is 0. The molecule has 0 aliphatic heterocycles. The van der Waals surface area contributed by atoms with E-state index in [0.29, 0.717) is 5.75 Å². The fourth-order valence-electron chi connectivity index (χ4n) is 2.05. The molecule has 2 rings (SSSR count). The summed E-state index contributed by atoms with van der Waals surface area (Å²) in [6, 6.07) is 3.77. The second-order valence-corrected chi connectivity index (χ2v) is 4.60. The molecule has 0 saturated heterocycles. The number of phenolic OH excluding ortho intramolecular Hbond substituents is 1. The number of aromatic hydroxyl groups is 1. The molecule has 1 aliphatic rings. The number of phenols is 1. The maximum Gasteiger partial charge on any atom is 0.119 e. The molecule has 1 aromatic carbocycles. The third-order valence-electron chi connectivity index (χ3n) is 2.74. The summed E-state index contributed by atoms with van der Waals surface area (Å²) in [6.45, 7) is 6.51. The van der Waals surface area contributed by atoms with E-state index in [-0.39, 0.29) is 5.41 Å². The fraction of sp³-hybridized carbons (Fsp3) is 0.417. The molecule has 0 fully saturated rings. The van der Waals surface area contributed by atoms with Gasteiger partial charge in [0, 0.05) is 12.0 Å². The second-order valence-electron chi connectivity index (χ2n) is 4.60. The Bertz CT molecular complexity index is 317. The summed E-state index contributed by atoms with van der Waals surface area (Å²) in [5.74, 6) is 0.422. The summed E-state index contributed by atoms with van der Waals surface area (Å²) in [5, 5.41) is 9.66. The van der Waals surface area contributed by atoms with Crippen molar-refractivity contribution in [2.24, 2.45) is 5.41 Å². The largest absolute Gasteiger partial charge is 0.508 e. The smallest absolute Gasteiger partial charge is 0.119 e. The van der Waals surface area contributed by atoms with E-state index in [1.54, 1.807) is 6.07 Å². The lowest BCUT2D eigenvalue weighted by atomic mass is 9.90. The van der Waals surface area contributed by atoms with Gasteiger partial charge in [0.2, 0.25) is 0 Å². The van der Waals surface area contributed by atoms with Gasteiger partial charge in [0.1, 0.15) is 5.75 Å². The first-order chi connectivity index (χ1) is 5.99. The van der Waals surface area contributed by atoms with Crippen LogP contribution in [-0.2, 0) is 6.42 Å². The van der Waals surface area contributed by atoms with Crippen LogP contribution in [0.3, 0.4) is 0 Å². The van der Waals surface area contributed by atoms with Crippen LogP contribution in [0.5, 0.6) is 5.75 Å². The molecule has 1 aliphatic carbocycles. The van der Waals surface area contributed by atoms with E-state index in [1.807, 2.05) is 6.07 Å². The van der Waals surface area contributed by atoms with Crippen LogP contribution in [0, 0.1) is 18.8 Å². The van der Waals surface area contributed by atoms with Gasteiger partial charge >= 0.3 is 0 Å². The molecule has 0 unspecified atom stereocenters. The quantitative estimate of drug-likeness (QED) is 0.642. The number of hydrogen-bond acceptors (Lipinski definition) is 1. The minimum absolute atomic E-state index is 0.200. The fourth-order valence-corrected chi connectivity index (χ4v) is 2.05. The zero-order valence-electron chi connectivity index (χ0n) is 8.39. The van der Waals surface area contributed by atoms with E-state index in [0.717, 1.165) is 12.0 Å². The molecule has 0 bridgehead atoms. The molecule has 0 spiro atoms. The van der Waals surface area contributed by atoms with Crippen LogP contribution in [0.25, 0.3) is 0 Å². The topological polar surface area (TPSA) is 20.2 Å². The summed E-state index contributed by atoms with van der Waals surface area (Å²) >= 11 is 0. The highest BCUT2D eigenvalue weighted by Gasteiger charge is 2.31. The standard InChI is InChI=1S/C12H15O/c1-8-4-5-11(13)10-7-12(2,3)6-9(8)10/h4-5,7,13H,6H2,1-3H3. The number of aryl methyl sites for hydroxylation is 1. The van der Waals surface area contributed by atoms with Gasteiger partial charge in [-0.1, -0.05) is 19.9 Å². The van der Waals surface area contributed by atoms with Gasteiger partial charge in [0.15, 0.2) is 0 Å². The van der Waals surface area contributed by atoms with Gasteiger partial charge in [-0.15, -0.1) is 0 Å². The number of benzene rings is 1. The normalized spacial score (nSPS) is 18.7. The van der Waals surface area contributed by atoms with Crippen molar-refractivity contribution in [2.45, 2.75) is 27.2 Å². The van der Waals surface area contributed by atoms with Gasteiger partial charge in [-0.3, -0.25) is 0 Å². The third kappa shape index (κ3) is 1.32. The van der Waals surface area contributed by atoms with E-state index in [9.17, 15) is 5.11 Å². The first kappa shape index (κ1) is 8.61. The average Bonchev–Trinajstić information content (AvgIpc) is 2.35. The molecule has 0 heterocycles. The highest BCUT2D eigenvalue weighted by molar-refractivity contribution is 5.53. The molecule has 1 aromatic rings. The Hall–Kier alpha value is -0.980. The van der Waals surface area contributed by atoms with Gasteiger partial charge in [0.05, 0.1) is 0 Å². The van der Waals surface area contributed by atoms with Crippen molar-refractivity contribution in [3.05, 3.63) is 35.2 Å². The van der Waals surface area contributed by atoms with Crippen molar-refractivity contribution in [1.29, 1.82) is 0 Å². The molecule has 1 nitrogen and oxygen atoms in total. The molecule has 0 atom stereocenters. The van der Waals surface area contributed by atoms with Gasteiger partial charge < -0.3 is 5.11 Å². The Morgan fingerprint density at radius 3 is 2.62 bits per heavy atom. The minimum atomic E-state index is 0.200. The minimum Gasteiger partial charge on any atom is -0.508 e. The van der Waals surface area contributed by atoms with Crippen LogP contribution in [0.15, 0.2) is 12.1 Å². The second kappa shape index (κ2) is 2.50. The summed E-state index contributed by atoms with van der Waals surface area (Å²) in [6.07, 6.45) is 3.22. The molecule has 1 radical (unpaired) electrons. The van der Waals surface area contributed by atoms with Crippen molar-refractivity contribution in [2.75, 3.05) is 0 Å². The van der Waals surface area contributed by atoms with Crippen LogP contribution < -0.4 is 0 Å². The van der Waals surface area contributed by atoms with Gasteiger partial charge in [-0.05, 0) is 36.0 Å². The molecule has 0 amide bonds. The van der Waals surface area contributed by atoms with Crippen LogP contribution in [-0.4, -0.2) is 5.11 Å². The SMILES string of the molecule is Cc1ccc(O)c2c1CC(C)(C)[CH]2. The van der Waals surface area contributed by atoms with E-state index in [2.05, 4.69) is 27.2 Å². The summed E-state index contributed by atoms with van der Waals surface area (Å²) in [7, 11) is 0. The third-order valence-corrected chi connectivity index (χ3v) is 2.74. The highest BCUT2D eigenvalue weighted by atomic mass is 16.3. The van der Waals surface area contributed by atoms with Crippen LogP contribution in [0.1, 0.15) is 30.5 Å². The van der Waals surface area contributed by atoms with Crippen LogP contribution in [0.2, 0.25) is 0 Å². The van der Waals surface area contributed by atoms with E-state index < -0.39 is 0 Å². The summed E-state index contributed by atoms with van der Waals surface area (Å²) in [5.41, 5.74) is 3.84. The molecule has 0 aromatic heterocycles.